The Hall–Kier alpha value is -2.37. The van der Waals surface area contributed by atoms with Crippen LogP contribution in [0.4, 0.5) is 0 Å². The maximum absolute atomic E-state index is 9.45. The summed E-state index contributed by atoms with van der Waals surface area (Å²) in [6.45, 7) is 33.9. The van der Waals surface area contributed by atoms with Crippen LogP contribution in [0.25, 0.3) is 0 Å². The molecule has 0 aromatic carbocycles. The summed E-state index contributed by atoms with van der Waals surface area (Å²) < 4.78 is 5.74. The van der Waals surface area contributed by atoms with E-state index in [1.165, 1.54) is 56.3 Å². The number of allylic oxidation sites excluding steroid dienone is 5. The largest absolute Gasteiger partial charge is 0.508 e. The Morgan fingerprint density at radius 3 is 2.21 bits per heavy atom. The van der Waals surface area contributed by atoms with E-state index in [2.05, 4.69) is 84.1 Å². The summed E-state index contributed by atoms with van der Waals surface area (Å²) in [5.74, 6) is 0.882. The van der Waals surface area contributed by atoms with Crippen LogP contribution in [0.5, 0.6) is 0 Å². The van der Waals surface area contributed by atoms with Crippen molar-refractivity contribution >= 4 is 6.72 Å². The lowest BCUT2D eigenvalue weighted by atomic mass is 9.76. The Morgan fingerprint density at radius 1 is 1.13 bits per heavy atom. The predicted molar refractivity (Wildman–Crippen MR) is 170 cm³/mol. The van der Waals surface area contributed by atoms with Gasteiger partial charge in [-0.1, -0.05) is 81.0 Å². The molecule has 0 aromatic heterocycles. The summed E-state index contributed by atoms with van der Waals surface area (Å²) >= 11 is 0. The third-order valence-corrected chi connectivity index (χ3v) is 7.82. The molecule has 1 atom stereocenters. The van der Waals surface area contributed by atoms with E-state index in [0.717, 1.165) is 43.1 Å². The molecule has 0 radical (unpaired) electrons. The van der Waals surface area contributed by atoms with Gasteiger partial charge in [0.15, 0.2) is 0 Å². The third kappa shape index (κ3) is 16.4. The van der Waals surface area contributed by atoms with Gasteiger partial charge < -0.3 is 15.1 Å². The number of likely N-dealkylation sites (tertiary alicyclic amines) is 1. The van der Waals surface area contributed by atoms with Crippen molar-refractivity contribution in [2.24, 2.45) is 16.5 Å². The average Bonchev–Trinajstić information content (AvgIpc) is 3.02. The first-order valence-electron chi connectivity index (χ1n) is 14.4. The Balaban J connectivity index is 0.000000798. The molecule has 0 saturated carbocycles. The molecule has 2 saturated heterocycles. The van der Waals surface area contributed by atoms with Gasteiger partial charge in [0, 0.05) is 18.8 Å². The minimum absolute atomic E-state index is 0.0557. The van der Waals surface area contributed by atoms with Crippen molar-refractivity contribution in [3.63, 3.8) is 0 Å². The number of oxime groups is 1. The van der Waals surface area contributed by atoms with Crippen LogP contribution in [0.3, 0.4) is 0 Å². The molecule has 2 aliphatic rings. The molecule has 5 heteroatoms. The Kier molecular flexibility index (Phi) is 17.7. The zero-order chi connectivity index (χ0) is 30.1. The van der Waals surface area contributed by atoms with Crippen molar-refractivity contribution in [2.45, 2.75) is 99.0 Å². The fraction of sp³-hybridized carbons (Fsp3) is 0.618. The van der Waals surface area contributed by atoms with Crippen molar-refractivity contribution in [1.82, 2.24) is 4.90 Å². The van der Waals surface area contributed by atoms with Gasteiger partial charge in [-0.3, -0.25) is 4.90 Å². The fourth-order valence-electron chi connectivity index (χ4n) is 4.94. The molecule has 0 bridgehead atoms. The van der Waals surface area contributed by atoms with Crippen LogP contribution in [-0.4, -0.2) is 53.8 Å². The number of rotatable bonds is 9. The van der Waals surface area contributed by atoms with E-state index in [4.69, 9.17) is 9.94 Å². The highest BCUT2D eigenvalue weighted by Gasteiger charge is 2.29. The maximum Gasteiger partial charge on any atom is 0.115 e. The van der Waals surface area contributed by atoms with Crippen molar-refractivity contribution in [1.29, 1.82) is 0 Å². The van der Waals surface area contributed by atoms with Gasteiger partial charge in [-0.2, -0.15) is 0 Å². The summed E-state index contributed by atoms with van der Waals surface area (Å²) in [5.41, 5.74) is 5.06. The van der Waals surface area contributed by atoms with Crippen LogP contribution in [0, 0.1) is 11.3 Å². The first kappa shape index (κ1) is 36.6. The van der Waals surface area contributed by atoms with Gasteiger partial charge in [-0.05, 0) is 97.6 Å². The zero-order valence-corrected chi connectivity index (χ0v) is 26.2. The molecule has 222 valence electrons. The predicted octanol–water partition coefficient (Wildman–Crippen LogP) is 9.20. The van der Waals surface area contributed by atoms with Crippen LogP contribution in [0.15, 0.2) is 77.2 Å². The van der Waals surface area contributed by atoms with Crippen LogP contribution in [-0.2, 0) is 4.74 Å². The van der Waals surface area contributed by atoms with Crippen molar-refractivity contribution in [3.8, 4) is 0 Å². The highest BCUT2D eigenvalue weighted by molar-refractivity contribution is 5.36. The van der Waals surface area contributed by atoms with E-state index in [0.29, 0.717) is 5.41 Å². The molecule has 39 heavy (non-hydrogen) atoms. The number of aliphatic hydroxyl groups is 1. The van der Waals surface area contributed by atoms with Crippen LogP contribution >= 0.6 is 0 Å². The SMILES string of the molecule is C=C(/C=C\C(=C/C)C(=C)O)CCC1(C)CCN(C/C(C)=C/C)CC1.C=C1COC(C)(C)CC(CC)C1.C=NO. The van der Waals surface area contributed by atoms with Gasteiger partial charge in [0.05, 0.1) is 12.2 Å². The molecular weight excluding hydrogens is 484 g/mol. The molecular formula is C34H58N2O3. The van der Waals surface area contributed by atoms with Crippen LogP contribution in [0.1, 0.15) is 93.4 Å². The van der Waals surface area contributed by atoms with Gasteiger partial charge >= 0.3 is 0 Å². The molecule has 0 aromatic rings. The number of ether oxygens (including phenoxy) is 1. The summed E-state index contributed by atoms with van der Waals surface area (Å²) in [6.07, 6.45) is 16.2. The van der Waals surface area contributed by atoms with Crippen LogP contribution < -0.4 is 0 Å². The molecule has 0 spiro atoms. The van der Waals surface area contributed by atoms with Crippen molar-refractivity contribution < 1.29 is 15.1 Å². The van der Waals surface area contributed by atoms with E-state index >= 15 is 0 Å². The minimum atomic E-state index is 0.0557. The molecule has 0 amide bonds. The van der Waals surface area contributed by atoms with Gasteiger partial charge in [-0.15, -0.1) is 5.16 Å². The van der Waals surface area contributed by atoms with Crippen LogP contribution in [0.2, 0.25) is 0 Å². The summed E-state index contributed by atoms with van der Waals surface area (Å²) in [5, 5.41) is 18.8. The zero-order valence-electron chi connectivity index (χ0n) is 26.2. The topological polar surface area (TPSA) is 65.3 Å². The number of hydrogen-bond donors (Lipinski definition) is 2. The molecule has 5 nitrogen and oxygen atoms in total. The molecule has 2 aliphatic heterocycles. The van der Waals surface area contributed by atoms with Crippen molar-refractivity contribution in [3.05, 3.63) is 72.1 Å². The second-order valence-corrected chi connectivity index (χ2v) is 12.0. The second-order valence-electron chi connectivity index (χ2n) is 12.0. The number of aliphatic hydroxyl groups excluding tert-OH is 1. The van der Waals surface area contributed by atoms with E-state index in [-0.39, 0.29) is 11.4 Å². The fourth-order valence-corrected chi connectivity index (χ4v) is 4.94. The molecule has 2 heterocycles. The molecule has 2 fully saturated rings. The standard InChI is InChI=1S/C22H35NO.C11H20O.CH3NO/c1-7-18(3)17-23-15-13-22(6,14-16-23)12-11-19(4)9-10-21(8-2)20(5)24;1-5-10-6-9(2)8-12-11(3,4)7-10;1-2-3/h7-10,24H,4-5,11-17H2,1-3,6H3;10H,2,5-8H2,1,3-4H3;3H,1H2/b10-9-,18-7+,21-8+;;. The Bertz CT molecular complexity index is 871. The smallest absolute Gasteiger partial charge is 0.115 e. The average molecular weight is 543 g/mol. The van der Waals surface area contributed by atoms with Gasteiger partial charge in [0.25, 0.3) is 0 Å². The molecule has 2 rings (SSSR count). The van der Waals surface area contributed by atoms with E-state index < -0.39 is 0 Å². The van der Waals surface area contributed by atoms with E-state index in [9.17, 15) is 5.11 Å². The molecule has 0 aliphatic carbocycles. The lowest BCUT2D eigenvalue weighted by molar-refractivity contribution is -0.0106. The number of hydrogen-bond acceptors (Lipinski definition) is 5. The van der Waals surface area contributed by atoms with Gasteiger partial charge in [0.2, 0.25) is 0 Å². The number of nitrogens with zero attached hydrogens (tertiary/aromatic N) is 2. The first-order chi connectivity index (χ1) is 18.2. The normalized spacial score (nSPS) is 21.6. The first-order valence-corrected chi connectivity index (χ1v) is 14.4. The quantitative estimate of drug-likeness (QED) is 0.0761. The summed E-state index contributed by atoms with van der Waals surface area (Å²) in [4.78, 5) is 2.57. The van der Waals surface area contributed by atoms with Gasteiger partial charge in [0.1, 0.15) is 5.76 Å². The molecule has 2 N–H and O–H groups in total. The van der Waals surface area contributed by atoms with Crippen molar-refractivity contribution in [2.75, 3.05) is 26.2 Å². The Labute approximate surface area is 240 Å². The Morgan fingerprint density at radius 2 is 1.72 bits per heavy atom. The lowest BCUT2D eigenvalue weighted by Gasteiger charge is -2.39. The third-order valence-electron chi connectivity index (χ3n) is 7.82. The summed E-state index contributed by atoms with van der Waals surface area (Å²) in [6, 6.07) is 0. The monoisotopic (exact) mass is 542 g/mol. The van der Waals surface area contributed by atoms with E-state index in [1.54, 1.807) is 0 Å². The number of piperidine rings is 1. The van der Waals surface area contributed by atoms with E-state index in [1.807, 2.05) is 25.2 Å². The lowest BCUT2D eigenvalue weighted by Crippen LogP contribution is -2.39. The highest BCUT2D eigenvalue weighted by atomic mass is 16.5. The maximum atomic E-state index is 9.45. The summed E-state index contributed by atoms with van der Waals surface area (Å²) in [7, 11) is 0. The second kappa shape index (κ2) is 18.8. The molecule has 1 unspecified atom stereocenters. The highest BCUT2D eigenvalue weighted by Crippen LogP contribution is 2.37. The van der Waals surface area contributed by atoms with Gasteiger partial charge in [-0.25, -0.2) is 0 Å². The minimum Gasteiger partial charge on any atom is -0.508 e.